The fourth-order valence-corrected chi connectivity index (χ4v) is 8.42. The maximum atomic E-state index is 12.6. The number of hydrogen-bond acceptors (Lipinski definition) is 4. The molecule has 2 fully saturated rings. The van der Waals surface area contributed by atoms with Crippen LogP contribution in [0.25, 0.3) is 10.9 Å². The number of anilines is 1. The number of carbonyl (C=O) groups is 1. The minimum absolute atomic E-state index is 0.0924. The Bertz CT molecular complexity index is 827. The van der Waals surface area contributed by atoms with Crippen molar-refractivity contribution in [1.82, 2.24) is 9.78 Å². The van der Waals surface area contributed by atoms with Gasteiger partial charge in [0.1, 0.15) is 0 Å². The van der Waals surface area contributed by atoms with Gasteiger partial charge < -0.3 is 4.74 Å². The molecule has 2 aliphatic rings. The van der Waals surface area contributed by atoms with E-state index in [1.165, 1.54) is 25.7 Å². The van der Waals surface area contributed by atoms with E-state index in [-0.39, 0.29) is 12.0 Å². The molecule has 1 amide bonds. The molecule has 6 nitrogen and oxygen atoms in total. The number of methoxy groups -OCH3 is 1. The van der Waals surface area contributed by atoms with Crippen molar-refractivity contribution >= 4 is 41.1 Å². The van der Waals surface area contributed by atoms with E-state index in [0.717, 1.165) is 34.1 Å². The van der Waals surface area contributed by atoms with Crippen LogP contribution in [0.5, 0.6) is 5.75 Å². The number of hydrogen-bond donors (Lipinski definition) is 1. The molecule has 1 N–H and O–H groups in total. The summed E-state index contributed by atoms with van der Waals surface area (Å²) in [5, 5.41) is 8.85. The second-order valence-electron chi connectivity index (χ2n) is 7.55. The van der Waals surface area contributed by atoms with Crippen molar-refractivity contribution < 1.29 is 31.5 Å². The Balaban J connectivity index is 1.53. The summed E-state index contributed by atoms with van der Waals surface area (Å²) in [6, 6.07) is 4.38. The van der Waals surface area contributed by atoms with Crippen molar-refractivity contribution in [2.24, 2.45) is 0 Å². The van der Waals surface area contributed by atoms with Crippen molar-refractivity contribution in [3.63, 3.8) is 0 Å². The molecule has 0 spiro atoms. The second kappa shape index (κ2) is 9.46. The zero-order valence-corrected chi connectivity index (χ0v) is 20.3. The summed E-state index contributed by atoms with van der Waals surface area (Å²) in [5.74, 6) is 0.547. The number of amides is 1. The molecule has 2 aromatic rings. The van der Waals surface area contributed by atoms with E-state index in [0.29, 0.717) is 41.3 Å². The molecule has 1 saturated heterocycles. The number of ether oxygens (including phenoxy) is 2. The smallest absolute Gasteiger partial charge is 0.368 e. The van der Waals surface area contributed by atoms with Gasteiger partial charge in [-0.2, -0.15) is 0 Å². The Morgan fingerprint density at radius 3 is 2.79 bits per heavy atom. The number of carbonyl (C=O) groups excluding carboxylic acids is 1. The molecule has 1 aromatic heterocycles. The van der Waals surface area contributed by atoms with Gasteiger partial charge in [-0.05, 0) is 19.3 Å². The number of aromatic nitrogens is 2. The van der Waals surface area contributed by atoms with Crippen LogP contribution in [-0.2, 0) is 9.53 Å². The topological polar surface area (TPSA) is 65.4 Å². The summed E-state index contributed by atoms with van der Waals surface area (Å²) in [7, 11) is 1.62. The predicted molar refractivity (Wildman–Crippen MR) is 114 cm³/mol. The molecule has 1 aliphatic heterocycles. The number of rotatable bonds is 5. The zero-order chi connectivity index (χ0) is 19.5. The quantitative estimate of drug-likeness (QED) is 0.412. The monoisotopic (exact) mass is 610 g/mol. The van der Waals surface area contributed by atoms with Gasteiger partial charge in [-0.25, -0.2) is 0 Å². The first-order valence-electron chi connectivity index (χ1n) is 9.92. The maximum absolute atomic E-state index is 12.6. The molecule has 4 rings (SSSR count). The molecular formula is C20H26I2N3O3-. The van der Waals surface area contributed by atoms with Crippen LogP contribution in [0.4, 0.5) is 5.69 Å². The molecule has 1 saturated carbocycles. The predicted octanol–water partition coefficient (Wildman–Crippen LogP) is 1.48. The average Bonchev–Trinajstić information content (AvgIpc) is 3.16. The SMILES string of the molecule is COc1cc2nn(C3CCC([I-]I)CC3)cc2cc1NC(=O)[C@@H]1CCCCO1. The van der Waals surface area contributed by atoms with Crippen molar-refractivity contribution in [1.29, 1.82) is 0 Å². The summed E-state index contributed by atoms with van der Waals surface area (Å²) in [4.78, 5) is 12.6. The van der Waals surface area contributed by atoms with Crippen LogP contribution < -0.4 is 27.3 Å². The Labute approximate surface area is 185 Å². The van der Waals surface area contributed by atoms with E-state index < -0.39 is 0 Å². The minimum atomic E-state index is -0.368. The van der Waals surface area contributed by atoms with Crippen LogP contribution in [-0.4, -0.2) is 39.4 Å². The van der Waals surface area contributed by atoms with Gasteiger partial charge in [-0.15, -0.1) is 0 Å². The van der Waals surface area contributed by atoms with E-state index in [2.05, 4.69) is 34.8 Å². The van der Waals surface area contributed by atoms with Gasteiger partial charge >= 0.3 is 156 Å². The van der Waals surface area contributed by atoms with Crippen LogP contribution in [0.3, 0.4) is 0 Å². The van der Waals surface area contributed by atoms with E-state index >= 15 is 0 Å². The van der Waals surface area contributed by atoms with Crippen LogP contribution in [0, 0.1) is 0 Å². The number of nitrogens with one attached hydrogen (secondary N) is 1. The fourth-order valence-electron chi connectivity index (χ4n) is 4.07. The Kier molecular flexibility index (Phi) is 6.98. The molecule has 1 aromatic carbocycles. The second-order valence-corrected chi connectivity index (χ2v) is 12.9. The van der Waals surface area contributed by atoms with Crippen LogP contribution in [0.15, 0.2) is 18.3 Å². The molecule has 0 radical (unpaired) electrons. The Hall–Kier alpha value is -0.620. The van der Waals surface area contributed by atoms with Gasteiger partial charge in [0.2, 0.25) is 0 Å². The van der Waals surface area contributed by atoms with Crippen LogP contribution in [0.2, 0.25) is 0 Å². The number of fused-ring (bicyclic) bond motifs is 1. The number of halogens is 2. The van der Waals surface area contributed by atoms with Crippen molar-refractivity contribution in [3.8, 4) is 5.75 Å². The van der Waals surface area contributed by atoms with Gasteiger partial charge in [-0.3, -0.25) is 0 Å². The van der Waals surface area contributed by atoms with Gasteiger partial charge in [0.25, 0.3) is 0 Å². The zero-order valence-electron chi connectivity index (χ0n) is 16.0. The number of benzene rings is 1. The molecule has 8 heteroatoms. The third kappa shape index (κ3) is 4.58. The van der Waals surface area contributed by atoms with Gasteiger partial charge in [-0.1, -0.05) is 0 Å². The summed E-state index contributed by atoms with van der Waals surface area (Å²) < 4.78 is 14.2. The van der Waals surface area contributed by atoms with Gasteiger partial charge in [0.15, 0.2) is 0 Å². The van der Waals surface area contributed by atoms with Crippen LogP contribution >= 0.6 is 18.6 Å². The van der Waals surface area contributed by atoms with E-state index in [9.17, 15) is 4.79 Å². The first-order chi connectivity index (χ1) is 13.7. The first kappa shape index (κ1) is 20.6. The van der Waals surface area contributed by atoms with E-state index in [1.807, 2.05) is 12.1 Å². The Morgan fingerprint density at radius 2 is 2.11 bits per heavy atom. The third-order valence-electron chi connectivity index (χ3n) is 5.69. The van der Waals surface area contributed by atoms with E-state index in [4.69, 9.17) is 14.6 Å². The molecule has 2 heterocycles. The molecule has 28 heavy (non-hydrogen) atoms. The molecular weight excluding hydrogens is 584 g/mol. The summed E-state index contributed by atoms with van der Waals surface area (Å²) in [6.45, 7) is 0.656. The number of nitrogens with zero attached hydrogens (tertiary/aromatic N) is 2. The van der Waals surface area contributed by atoms with Crippen LogP contribution in [0.1, 0.15) is 51.0 Å². The normalized spacial score (nSPS) is 25.7. The minimum Gasteiger partial charge on any atom is -0.368 e. The molecule has 0 bridgehead atoms. The first-order valence-corrected chi connectivity index (χ1v) is 17.4. The standard InChI is InChI=1S/C20H26I2N3O3/c1-27-19-11-16-13(10-17(19)23-20(26)18-4-2-3-9-28-18)12-25(24-16)15-7-5-14(22-21)6-8-15/h10-12,14-15,18H,2-9H2,1H3,(H,23,26)/q-1/t14?,15?,18-/m0/s1. The van der Waals surface area contributed by atoms with Crippen molar-refractivity contribution in [2.75, 3.05) is 19.0 Å². The molecule has 0 unspecified atom stereocenters. The average molecular weight is 610 g/mol. The van der Waals surface area contributed by atoms with E-state index in [1.54, 1.807) is 7.11 Å². The van der Waals surface area contributed by atoms with Crippen molar-refractivity contribution in [2.45, 2.75) is 61.0 Å². The summed E-state index contributed by atoms with van der Waals surface area (Å²) in [5.41, 5.74) is 1.60. The van der Waals surface area contributed by atoms with Gasteiger partial charge in [0.05, 0.1) is 0 Å². The third-order valence-corrected chi connectivity index (χ3v) is 12.1. The summed E-state index contributed by atoms with van der Waals surface area (Å²) in [6.07, 6.45) is 9.65. The molecule has 1 aliphatic carbocycles. The molecule has 1 atom stereocenters. The Morgan fingerprint density at radius 1 is 1.29 bits per heavy atom. The molecule has 154 valence electrons. The van der Waals surface area contributed by atoms with Crippen molar-refractivity contribution in [3.05, 3.63) is 18.3 Å². The summed E-state index contributed by atoms with van der Waals surface area (Å²) >= 11 is 2.93. The van der Waals surface area contributed by atoms with Gasteiger partial charge in [0, 0.05) is 6.61 Å². The number of alkyl halides is 1. The fraction of sp³-hybridized carbons (Fsp3) is 0.600.